The number of nitro groups is 1. The van der Waals surface area contributed by atoms with E-state index in [-0.39, 0.29) is 11.4 Å². The number of benzene rings is 1. The first-order chi connectivity index (χ1) is 11.3. The number of hydrogen-bond donors (Lipinski definition) is 1. The zero-order valence-electron chi connectivity index (χ0n) is 12.7. The topological polar surface area (TPSA) is 110 Å². The van der Waals surface area contributed by atoms with Crippen molar-refractivity contribution in [3.05, 3.63) is 46.5 Å². The molecule has 1 aromatic carbocycles. The third-order valence-corrected chi connectivity index (χ3v) is 5.10. The normalized spacial score (nSPS) is 36.5. The van der Waals surface area contributed by atoms with Crippen molar-refractivity contribution in [3.63, 3.8) is 0 Å². The highest BCUT2D eigenvalue weighted by Gasteiger charge is 2.72. The Hall–Kier alpha value is -2.58. The van der Waals surface area contributed by atoms with Crippen LogP contribution in [0, 0.1) is 22.0 Å². The molecule has 2 fully saturated rings. The molecule has 4 atom stereocenters. The lowest BCUT2D eigenvalue weighted by Crippen LogP contribution is -2.43. The molecule has 1 N–H and O–H groups in total. The van der Waals surface area contributed by atoms with Crippen molar-refractivity contribution in [3.8, 4) is 0 Å². The Morgan fingerprint density at radius 2 is 2.00 bits per heavy atom. The number of carbonyl (C=O) groups excluding carboxylic acids is 2. The van der Waals surface area contributed by atoms with Gasteiger partial charge in [-0.15, -0.1) is 0 Å². The Labute approximate surface area is 136 Å². The van der Waals surface area contributed by atoms with Gasteiger partial charge in [0, 0.05) is 12.1 Å². The molecule has 3 aliphatic heterocycles. The average molecular weight is 330 g/mol. The van der Waals surface area contributed by atoms with E-state index in [1.54, 1.807) is 19.1 Å². The van der Waals surface area contributed by atoms with Crippen LogP contribution in [0.25, 0.3) is 0 Å². The second-order valence-corrected chi connectivity index (χ2v) is 6.48. The molecule has 4 rings (SSSR count). The highest BCUT2D eigenvalue weighted by atomic mass is 16.6. The lowest BCUT2D eigenvalue weighted by Gasteiger charge is -2.26. The van der Waals surface area contributed by atoms with Crippen LogP contribution in [0.4, 0.5) is 11.4 Å². The van der Waals surface area contributed by atoms with Gasteiger partial charge in [0.1, 0.15) is 5.60 Å². The summed E-state index contributed by atoms with van der Waals surface area (Å²) in [7, 11) is 0. The van der Waals surface area contributed by atoms with Crippen LogP contribution in [-0.4, -0.2) is 39.7 Å². The van der Waals surface area contributed by atoms with Crippen LogP contribution in [0.1, 0.15) is 6.92 Å². The number of non-ortho nitro benzene ring substituents is 1. The molecule has 3 heterocycles. The molecule has 0 spiro atoms. The van der Waals surface area contributed by atoms with Crippen molar-refractivity contribution in [1.29, 1.82) is 0 Å². The van der Waals surface area contributed by atoms with Gasteiger partial charge in [-0.05, 0) is 13.0 Å². The lowest BCUT2D eigenvalue weighted by atomic mass is 9.73. The summed E-state index contributed by atoms with van der Waals surface area (Å²) in [5.74, 6) is -2.55. The summed E-state index contributed by atoms with van der Waals surface area (Å²) >= 11 is 0. The highest BCUT2D eigenvalue weighted by Crippen LogP contribution is 2.57. The van der Waals surface area contributed by atoms with E-state index in [2.05, 4.69) is 0 Å². The number of imide groups is 1. The Morgan fingerprint density at radius 3 is 2.67 bits per heavy atom. The number of anilines is 1. The van der Waals surface area contributed by atoms with Gasteiger partial charge in [0.2, 0.25) is 11.8 Å². The fourth-order valence-corrected chi connectivity index (χ4v) is 4.04. The molecule has 2 amide bonds. The van der Waals surface area contributed by atoms with Crippen molar-refractivity contribution < 1.29 is 24.4 Å². The minimum absolute atomic E-state index is 0.157. The molecule has 2 bridgehead atoms. The van der Waals surface area contributed by atoms with Gasteiger partial charge in [0.15, 0.2) is 0 Å². The smallest absolute Gasteiger partial charge is 0.271 e. The standard InChI is InChI=1S/C16H14N2O6/c1-15-5-6-16(8-19,24-15)12-11(15)13(20)17(14(12)21)9-3-2-4-10(7-9)18(22)23/h2-7,11-12,19H,8H2,1H3/t11-,12+,15+,16+/m1/s1. The third kappa shape index (κ3) is 1.64. The van der Waals surface area contributed by atoms with Crippen LogP contribution in [-0.2, 0) is 14.3 Å². The van der Waals surface area contributed by atoms with Gasteiger partial charge in [-0.25, -0.2) is 4.90 Å². The molecule has 0 aliphatic carbocycles. The molecule has 8 heteroatoms. The summed E-state index contributed by atoms with van der Waals surface area (Å²) < 4.78 is 5.81. The SMILES string of the molecule is C[C@@]12C=C[C@@](CO)(O1)[C@@H]1C(=O)N(c3cccc([N+](=O)[O-])c3)C(=O)[C@@H]12. The largest absolute Gasteiger partial charge is 0.393 e. The fourth-order valence-electron chi connectivity index (χ4n) is 4.04. The van der Waals surface area contributed by atoms with Crippen LogP contribution >= 0.6 is 0 Å². The third-order valence-electron chi connectivity index (χ3n) is 5.10. The predicted octanol–water partition coefficient (Wildman–Crippen LogP) is 0.790. The number of aliphatic hydroxyl groups excluding tert-OH is 1. The van der Waals surface area contributed by atoms with Gasteiger partial charge < -0.3 is 9.84 Å². The number of fused-ring (bicyclic) bond motifs is 5. The van der Waals surface area contributed by atoms with E-state index in [1.165, 1.54) is 24.3 Å². The predicted molar refractivity (Wildman–Crippen MR) is 81.0 cm³/mol. The van der Waals surface area contributed by atoms with Crippen LogP contribution in [0.15, 0.2) is 36.4 Å². The number of nitrogens with zero attached hydrogens (tertiary/aromatic N) is 2. The van der Waals surface area contributed by atoms with E-state index in [1.807, 2.05) is 0 Å². The monoisotopic (exact) mass is 330 g/mol. The van der Waals surface area contributed by atoms with Gasteiger partial charge in [0.25, 0.3) is 5.69 Å². The van der Waals surface area contributed by atoms with Crippen molar-refractivity contribution >= 4 is 23.2 Å². The van der Waals surface area contributed by atoms with Gasteiger partial charge in [-0.2, -0.15) is 0 Å². The van der Waals surface area contributed by atoms with Gasteiger partial charge >= 0.3 is 0 Å². The van der Waals surface area contributed by atoms with Crippen LogP contribution in [0.3, 0.4) is 0 Å². The zero-order valence-corrected chi connectivity index (χ0v) is 12.7. The summed E-state index contributed by atoms with van der Waals surface area (Å²) in [5.41, 5.74) is -2.22. The number of carbonyl (C=O) groups is 2. The fraction of sp³-hybridized carbons (Fsp3) is 0.375. The minimum atomic E-state index is -1.21. The van der Waals surface area contributed by atoms with E-state index in [4.69, 9.17) is 4.74 Å². The molecule has 0 saturated carbocycles. The molecule has 2 saturated heterocycles. The zero-order chi connectivity index (χ0) is 17.3. The molecular formula is C16H14N2O6. The summed E-state index contributed by atoms with van der Waals surface area (Å²) in [5, 5.41) is 20.7. The highest BCUT2D eigenvalue weighted by molar-refractivity contribution is 6.23. The Morgan fingerprint density at radius 1 is 1.29 bits per heavy atom. The summed E-state index contributed by atoms with van der Waals surface area (Å²) in [4.78, 5) is 37.1. The molecule has 8 nitrogen and oxygen atoms in total. The molecule has 0 radical (unpaired) electrons. The number of amides is 2. The van der Waals surface area contributed by atoms with Crippen LogP contribution in [0.5, 0.6) is 0 Å². The van der Waals surface area contributed by atoms with Crippen molar-refractivity contribution in [2.24, 2.45) is 11.8 Å². The van der Waals surface area contributed by atoms with E-state index < -0.39 is 46.4 Å². The lowest BCUT2D eigenvalue weighted by molar-refractivity contribution is -0.384. The van der Waals surface area contributed by atoms with Gasteiger partial charge in [0.05, 0.1) is 34.7 Å². The van der Waals surface area contributed by atoms with Crippen molar-refractivity contribution in [1.82, 2.24) is 0 Å². The molecule has 0 aromatic heterocycles. The second-order valence-electron chi connectivity index (χ2n) is 6.48. The first kappa shape index (κ1) is 15.0. The number of rotatable bonds is 3. The average Bonchev–Trinajstić information content (AvgIpc) is 3.13. The number of aliphatic hydroxyl groups is 1. The molecule has 3 aliphatic rings. The van der Waals surface area contributed by atoms with E-state index >= 15 is 0 Å². The summed E-state index contributed by atoms with van der Waals surface area (Å²) in [6.45, 7) is 1.29. The Balaban J connectivity index is 1.80. The summed E-state index contributed by atoms with van der Waals surface area (Å²) in [6, 6.07) is 5.39. The van der Waals surface area contributed by atoms with E-state index in [0.29, 0.717) is 0 Å². The summed E-state index contributed by atoms with van der Waals surface area (Å²) in [6.07, 6.45) is 3.34. The van der Waals surface area contributed by atoms with Crippen molar-refractivity contribution in [2.75, 3.05) is 11.5 Å². The Bertz CT molecular complexity index is 821. The maximum absolute atomic E-state index is 12.9. The first-order valence-electron chi connectivity index (χ1n) is 7.47. The molecule has 124 valence electrons. The van der Waals surface area contributed by atoms with Crippen LogP contribution < -0.4 is 4.90 Å². The van der Waals surface area contributed by atoms with Gasteiger partial charge in [-0.3, -0.25) is 19.7 Å². The van der Waals surface area contributed by atoms with Crippen LogP contribution in [0.2, 0.25) is 0 Å². The first-order valence-corrected chi connectivity index (χ1v) is 7.47. The molecule has 1 aromatic rings. The van der Waals surface area contributed by atoms with E-state index in [0.717, 1.165) is 4.90 Å². The maximum atomic E-state index is 12.9. The maximum Gasteiger partial charge on any atom is 0.271 e. The van der Waals surface area contributed by atoms with E-state index in [9.17, 15) is 24.8 Å². The molecular weight excluding hydrogens is 316 g/mol. The Kier molecular flexibility index (Phi) is 2.80. The molecule has 24 heavy (non-hydrogen) atoms. The minimum Gasteiger partial charge on any atom is -0.393 e. The van der Waals surface area contributed by atoms with Gasteiger partial charge in [-0.1, -0.05) is 18.2 Å². The quantitative estimate of drug-likeness (QED) is 0.380. The second kappa shape index (κ2) is 4.49. The number of ether oxygens (including phenoxy) is 1. The number of nitro benzene ring substituents is 1. The van der Waals surface area contributed by atoms with Crippen molar-refractivity contribution in [2.45, 2.75) is 18.1 Å². The number of hydrogen-bond acceptors (Lipinski definition) is 6. The molecule has 0 unspecified atom stereocenters.